The van der Waals surface area contributed by atoms with Gasteiger partial charge < -0.3 is 15.2 Å². The lowest BCUT2D eigenvalue weighted by Crippen LogP contribution is -2.30. The van der Waals surface area contributed by atoms with Crippen LogP contribution in [0.2, 0.25) is 0 Å². The summed E-state index contributed by atoms with van der Waals surface area (Å²) in [5, 5.41) is 11.8. The summed E-state index contributed by atoms with van der Waals surface area (Å²) in [6.07, 6.45) is 1.65. The molecule has 0 saturated carbocycles. The molecule has 5 nitrogen and oxygen atoms in total. The summed E-state index contributed by atoms with van der Waals surface area (Å²) < 4.78 is 6.62. The van der Waals surface area contributed by atoms with E-state index in [1.807, 2.05) is 45.0 Å². The Kier molecular flexibility index (Phi) is 6.80. The van der Waals surface area contributed by atoms with Crippen LogP contribution >= 0.6 is 15.9 Å². The van der Waals surface area contributed by atoms with E-state index in [0.717, 1.165) is 4.47 Å². The molecule has 0 aliphatic carbocycles. The third-order valence-corrected chi connectivity index (χ3v) is 4.11. The van der Waals surface area contributed by atoms with E-state index >= 15 is 0 Å². The number of ether oxygens (including phenoxy) is 1. The summed E-state index contributed by atoms with van der Waals surface area (Å²) >= 11 is 3.42. The van der Waals surface area contributed by atoms with Gasteiger partial charge in [0, 0.05) is 6.42 Å². The Bertz CT molecular complexity index is 851. The number of amides is 1. The smallest absolute Gasteiger partial charge is 0.352 e. The molecule has 0 bridgehead atoms. The lowest BCUT2D eigenvalue weighted by Gasteiger charge is -2.17. The van der Waals surface area contributed by atoms with Crippen LogP contribution in [0.3, 0.4) is 0 Å². The molecule has 2 N–H and O–H groups in total. The van der Waals surface area contributed by atoms with Crippen molar-refractivity contribution >= 4 is 33.9 Å². The third kappa shape index (κ3) is 6.90. The number of carboxylic acids is 1. The van der Waals surface area contributed by atoms with Crippen LogP contribution in [-0.4, -0.2) is 17.0 Å². The largest absolute Gasteiger partial charge is 0.477 e. The fourth-order valence-corrected chi connectivity index (χ4v) is 2.65. The highest BCUT2D eigenvalue weighted by atomic mass is 79.9. The molecular weight excluding hydrogens is 410 g/mol. The summed E-state index contributed by atoms with van der Waals surface area (Å²) in [5.74, 6) is -0.218. The summed E-state index contributed by atoms with van der Waals surface area (Å²) in [6, 6.07) is 14.4. The van der Waals surface area contributed by atoms with E-state index in [-0.39, 0.29) is 23.4 Å². The topological polar surface area (TPSA) is 75.6 Å². The van der Waals surface area contributed by atoms with Gasteiger partial charge in [0.25, 0.3) is 0 Å². The third-order valence-electron chi connectivity index (χ3n) is 3.45. The van der Waals surface area contributed by atoms with Crippen molar-refractivity contribution in [3.63, 3.8) is 0 Å². The number of hydrogen-bond donors (Lipinski definition) is 2. The number of carbonyl (C=O) groups excluding carboxylic acids is 1. The number of para-hydroxylation sites is 1. The molecular formula is C21H22BrNO4. The van der Waals surface area contributed by atoms with Crippen molar-refractivity contribution < 1.29 is 19.4 Å². The van der Waals surface area contributed by atoms with E-state index in [9.17, 15) is 14.7 Å². The molecule has 0 spiro atoms. The van der Waals surface area contributed by atoms with Crippen LogP contribution in [-0.2, 0) is 9.59 Å². The van der Waals surface area contributed by atoms with Crippen molar-refractivity contribution in [2.45, 2.75) is 27.2 Å². The highest BCUT2D eigenvalue weighted by molar-refractivity contribution is 9.10. The normalized spacial score (nSPS) is 11.8. The van der Waals surface area contributed by atoms with Crippen molar-refractivity contribution in [1.82, 2.24) is 5.32 Å². The van der Waals surface area contributed by atoms with Gasteiger partial charge in [0.15, 0.2) is 0 Å². The van der Waals surface area contributed by atoms with E-state index in [4.69, 9.17) is 4.74 Å². The molecule has 0 saturated heterocycles. The van der Waals surface area contributed by atoms with Gasteiger partial charge in [-0.1, -0.05) is 45.0 Å². The zero-order valence-electron chi connectivity index (χ0n) is 15.5. The summed E-state index contributed by atoms with van der Waals surface area (Å²) in [7, 11) is 0. The van der Waals surface area contributed by atoms with Crippen molar-refractivity contribution in [3.8, 4) is 11.5 Å². The Labute approximate surface area is 167 Å². The van der Waals surface area contributed by atoms with E-state index < -0.39 is 5.97 Å². The van der Waals surface area contributed by atoms with Gasteiger partial charge in [-0.2, -0.15) is 0 Å². The number of carbonyl (C=O) groups is 2. The number of carboxylic acid groups (broad SMARTS) is 1. The predicted molar refractivity (Wildman–Crippen MR) is 108 cm³/mol. The maximum atomic E-state index is 12.0. The first-order chi connectivity index (χ1) is 12.6. The lowest BCUT2D eigenvalue weighted by atomic mass is 9.92. The maximum absolute atomic E-state index is 12.0. The van der Waals surface area contributed by atoms with Crippen LogP contribution < -0.4 is 10.1 Å². The highest BCUT2D eigenvalue weighted by Gasteiger charge is 2.18. The van der Waals surface area contributed by atoms with Gasteiger partial charge >= 0.3 is 5.97 Å². The minimum atomic E-state index is -1.19. The van der Waals surface area contributed by atoms with Crippen molar-refractivity contribution in [2.75, 3.05) is 0 Å². The molecule has 27 heavy (non-hydrogen) atoms. The molecule has 0 radical (unpaired) electrons. The molecule has 0 heterocycles. The summed E-state index contributed by atoms with van der Waals surface area (Å²) in [6.45, 7) is 5.75. The van der Waals surface area contributed by atoms with Crippen LogP contribution in [0, 0.1) is 5.41 Å². The van der Waals surface area contributed by atoms with Crippen molar-refractivity contribution in [1.29, 1.82) is 0 Å². The number of aliphatic carboxylic acids is 1. The zero-order chi connectivity index (χ0) is 20.0. The van der Waals surface area contributed by atoms with Gasteiger partial charge in [-0.3, -0.25) is 4.79 Å². The van der Waals surface area contributed by atoms with Gasteiger partial charge in [-0.05, 0) is 57.2 Å². The van der Waals surface area contributed by atoms with Gasteiger partial charge in [0.2, 0.25) is 5.91 Å². The van der Waals surface area contributed by atoms with E-state index in [2.05, 4.69) is 21.2 Å². The van der Waals surface area contributed by atoms with Crippen LogP contribution in [0.4, 0.5) is 0 Å². The quantitative estimate of drug-likeness (QED) is 0.614. The van der Waals surface area contributed by atoms with Gasteiger partial charge in [-0.25, -0.2) is 4.79 Å². The first-order valence-corrected chi connectivity index (χ1v) is 9.21. The van der Waals surface area contributed by atoms with Crippen LogP contribution in [0.1, 0.15) is 32.8 Å². The molecule has 1 amide bonds. The fraction of sp³-hybridized carbons (Fsp3) is 0.238. The monoisotopic (exact) mass is 431 g/mol. The second kappa shape index (κ2) is 8.86. The number of halogens is 1. The Morgan fingerprint density at radius 2 is 1.74 bits per heavy atom. The van der Waals surface area contributed by atoms with Gasteiger partial charge in [-0.15, -0.1) is 0 Å². The second-order valence-corrected chi connectivity index (χ2v) is 8.10. The lowest BCUT2D eigenvalue weighted by molar-refractivity contribution is -0.134. The van der Waals surface area contributed by atoms with Gasteiger partial charge in [0.1, 0.15) is 17.2 Å². The first-order valence-electron chi connectivity index (χ1n) is 8.41. The molecule has 0 fully saturated rings. The standard InChI is InChI=1S/C21H22BrNO4/c1-21(2,3)13-19(24)23-17(20(25)26)12-14-8-10-15(11-9-14)27-18-7-5-4-6-16(18)22/h4-12H,13H2,1-3H3,(H,23,24)(H,25,26)/b17-12+. The highest BCUT2D eigenvalue weighted by Crippen LogP contribution is 2.29. The number of hydrogen-bond acceptors (Lipinski definition) is 3. The molecule has 2 rings (SSSR count). The Morgan fingerprint density at radius 3 is 2.30 bits per heavy atom. The molecule has 0 aromatic heterocycles. The fourth-order valence-electron chi connectivity index (χ4n) is 2.28. The SMILES string of the molecule is CC(C)(C)CC(=O)N/C(=C/c1ccc(Oc2ccccc2Br)cc1)C(=O)O. The van der Waals surface area contributed by atoms with Crippen molar-refractivity contribution in [3.05, 3.63) is 64.3 Å². The molecule has 0 atom stereocenters. The summed E-state index contributed by atoms with van der Waals surface area (Å²) in [4.78, 5) is 23.5. The van der Waals surface area contributed by atoms with E-state index in [0.29, 0.717) is 17.1 Å². The maximum Gasteiger partial charge on any atom is 0.352 e. The van der Waals surface area contributed by atoms with Crippen LogP contribution in [0.5, 0.6) is 11.5 Å². The average molecular weight is 432 g/mol. The van der Waals surface area contributed by atoms with E-state index in [1.165, 1.54) is 6.08 Å². The average Bonchev–Trinajstić information content (AvgIpc) is 2.56. The molecule has 0 unspecified atom stereocenters. The Morgan fingerprint density at radius 1 is 1.11 bits per heavy atom. The van der Waals surface area contributed by atoms with Crippen LogP contribution in [0.25, 0.3) is 6.08 Å². The predicted octanol–water partition coefficient (Wildman–Crippen LogP) is 5.22. The number of benzene rings is 2. The molecule has 2 aromatic carbocycles. The zero-order valence-corrected chi connectivity index (χ0v) is 17.0. The second-order valence-electron chi connectivity index (χ2n) is 7.25. The van der Waals surface area contributed by atoms with Crippen molar-refractivity contribution in [2.24, 2.45) is 5.41 Å². The first kappa shape index (κ1) is 20.7. The van der Waals surface area contributed by atoms with Crippen LogP contribution in [0.15, 0.2) is 58.7 Å². The molecule has 0 aliphatic rings. The number of rotatable bonds is 6. The molecule has 2 aromatic rings. The summed E-state index contributed by atoms with van der Waals surface area (Å²) in [5.41, 5.74) is 0.255. The van der Waals surface area contributed by atoms with E-state index in [1.54, 1.807) is 24.3 Å². The molecule has 0 aliphatic heterocycles. The Balaban J connectivity index is 2.12. The minimum Gasteiger partial charge on any atom is -0.477 e. The Hall–Kier alpha value is -2.60. The van der Waals surface area contributed by atoms with Gasteiger partial charge in [0.05, 0.1) is 4.47 Å². The molecule has 142 valence electrons. The number of nitrogens with one attached hydrogen (secondary N) is 1. The molecule has 6 heteroatoms. The minimum absolute atomic E-state index is 0.163.